The molecule has 4 N–H and O–H groups in total. The SMILES string of the molecule is COc1cc(/C=C/C(=O)CC(=O)/C=C/C2CC=C(O)C(OC)C2)ccc1O.COc1cc(/C=C/C(=O)CC(=O)/C=C/C2CCC(O)C(OC)C2)ccc1O. The lowest BCUT2D eigenvalue weighted by atomic mass is 9.85. The summed E-state index contributed by atoms with van der Waals surface area (Å²) < 4.78 is 20.4. The quantitative estimate of drug-likeness (QED) is 0.115. The highest BCUT2D eigenvalue weighted by molar-refractivity contribution is 6.10. The number of ketones is 4. The van der Waals surface area contributed by atoms with Gasteiger partial charge in [-0.25, -0.2) is 0 Å². The van der Waals surface area contributed by atoms with Crippen LogP contribution in [0.4, 0.5) is 0 Å². The highest BCUT2D eigenvalue weighted by atomic mass is 16.5. The molecular weight excluding hydrogens is 696 g/mol. The van der Waals surface area contributed by atoms with Crippen LogP contribution in [0.1, 0.15) is 56.1 Å². The van der Waals surface area contributed by atoms with Gasteiger partial charge in [-0.3, -0.25) is 19.2 Å². The molecule has 12 nitrogen and oxygen atoms in total. The van der Waals surface area contributed by atoms with Gasteiger partial charge in [0.1, 0.15) is 11.9 Å². The van der Waals surface area contributed by atoms with Gasteiger partial charge in [0.2, 0.25) is 0 Å². The van der Waals surface area contributed by atoms with Gasteiger partial charge in [0.25, 0.3) is 0 Å². The lowest BCUT2D eigenvalue weighted by Gasteiger charge is -2.30. The predicted molar refractivity (Wildman–Crippen MR) is 203 cm³/mol. The Morgan fingerprint density at radius 2 is 1.17 bits per heavy atom. The minimum absolute atomic E-state index is 0.0166. The Bertz CT molecular complexity index is 1750. The van der Waals surface area contributed by atoms with E-state index in [4.69, 9.17) is 18.9 Å². The lowest BCUT2D eigenvalue weighted by molar-refractivity contribution is -0.123. The monoisotopic (exact) mass is 746 g/mol. The van der Waals surface area contributed by atoms with Crippen molar-refractivity contribution in [2.24, 2.45) is 11.8 Å². The number of hydrogen-bond donors (Lipinski definition) is 4. The van der Waals surface area contributed by atoms with Crippen LogP contribution in [0.2, 0.25) is 0 Å². The van der Waals surface area contributed by atoms with E-state index in [-0.39, 0.29) is 77.3 Å². The molecule has 4 rings (SSSR count). The summed E-state index contributed by atoms with van der Waals surface area (Å²) in [6.07, 6.45) is 15.8. The minimum atomic E-state index is -0.458. The van der Waals surface area contributed by atoms with Crippen molar-refractivity contribution in [3.05, 3.63) is 95.8 Å². The summed E-state index contributed by atoms with van der Waals surface area (Å²) in [7, 11) is 5.98. The molecule has 2 aromatic rings. The van der Waals surface area contributed by atoms with Crippen molar-refractivity contribution in [2.45, 2.75) is 63.3 Å². The van der Waals surface area contributed by atoms with E-state index in [1.807, 2.05) is 6.08 Å². The zero-order valence-corrected chi connectivity index (χ0v) is 31.1. The van der Waals surface area contributed by atoms with Gasteiger partial charge in [0, 0.05) is 14.2 Å². The third-order valence-corrected chi connectivity index (χ3v) is 9.00. The number of rotatable bonds is 16. The summed E-state index contributed by atoms with van der Waals surface area (Å²) in [5.41, 5.74) is 1.37. The number of carbonyl (C=O) groups excluding carboxylic acids is 4. The fourth-order valence-electron chi connectivity index (χ4n) is 5.88. The maximum absolute atomic E-state index is 12.0. The van der Waals surface area contributed by atoms with Crippen LogP contribution in [-0.2, 0) is 28.7 Å². The Labute approximate surface area is 315 Å². The zero-order chi connectivity index (χ0) is 39.6. The number of hydrogen-bond acceptors (Lipinski definition) is 12. The summed E-state index contributed by atoms with van der Waals surface area (Å²) in [4.78, 5) is 47.9. The van der Waals surface area contributed by atoms with Gasteiger partial charge >= 0.3 is 0 Å². The summed E-state index contributed by atoms with van der Waals surface area (Å²) >= 11 is 0. The first-order chi connectivity index (χ1) is 25.8. The molecule has 2 aromatic carbocycles. The first-order valence-corrected chi connectivity index (χ1v) is 17.6. The van der Waals surface area contributed by atoms with E-state index in [0.717, 1.165) is 6.42 Å². The first kappa shape index (κ1) is 43.1. The summed E-state index contributed by atoms with van der Waals surface area (Å²) in [5.74, 6) is -0.00920. The first-order valence-electron chi connectivity index (χ1n) is 17.6. The number of aliphatic hydroxyl groups is 2. The standard InChI is InChI=1S/C21H26O6.C21H24O6/c2*1-26-20-11-14(5-9-18(20)24)3-7-16(22)13-17(23)8-4-15-6-10-19(25)21(12-15)27-2/h3-5,7-9,11,15,19,21,24-25H,6,10,12-13H2,1-2H3;3-5,7-11,15,21,24-25H,6,12-13H2,1-2H3/b2*7-3+,8-4+. The number of methoxy groups -OCH3 is 4. The number of phenolic OH excluding ortho intramolecular Hbond substituents is 2. The van der Waals surface area contributed by atoms with Crippen molar-refractivity contribution in [2.75, 3.05) is 28.4 Å². The molecule has 0 aliphatic heterocycles. The van der Waals surface area contributed by atoms with Gasteiger partial charge in [-0.2, -0.15) is 0 Å². The molecular formula is C42H50O12. The van der Waals surface area contributed by atoms with Crippen LogP contribution in [-0.4, -0.2) is 90.3 Å². The van der Waals surface area contributed by atoms with Crippen molar-refractivity contribution < 1.29 is 58.6 Å². The van der Waals surface area contributed by atoms with E-state index in [1.165, 1.54) is 57.8 Å². The number of carbonyl (C=O) groups is 4. The second-order valence-corrected chi connectivity index (χ2v) is 13.0. The smallest absolute Gasteiger partial charge is 0.163 e. The molecule has 1 fully saturated rings. The third kappa shape index (κ3) is 14.3. The Balaban J connectivity index is 0.000000290. The van der Waals surface area contributed by atoms with Crippen LogP contribution < -0.4 is 9.47 Å². The Morgan fingerprint density at radius 1 is 0.667 bits per heavy atom. The zero-order valence-electron chi connectivity index (χ0n) is 31.1. The normalized spacial score (nSPS) is 21.5. The molecule has 0 aromatic heterocycles. The van der Waals surface area contributed by atoms with E-state index in [0.29, 0.717) is 48.3 Å². The number of allylic oxidation sites excluding steroid dienone is 7. The molecule has 290 valence electrons. The predicted octanol–water partition coefficient (Wildman–Crippen LogP) is 6.04. The van der Waals surface area contributed by atoms with E-state index < -0.39 is 6.10 Å². The second-order valence-electron chi connectivity index (χ2n) is 13.0. The fraction of sp³-hybridized carbons (Fsp3) is 0.381. The highest BCUT2D eigenvalue weighted by Gasteiger charge is 2.28. The molecule has 12 heteroatoms. The average Bonchev–Trinajstić information content (AvgIpc) is 3.16. The van der Waals surface area contributed by atoms with Crippen LogP contribution in [0.3, 0.4) is 0 Å². The van der Waals surface area contributed by atoms with Crippen LogP contribution in [0.15, 0.2) is 84.7 Å². The van der Waals surface area contributed by atoms with Gasteiger partial charge in [-0.05, 0) is 110 Å². The molecule has 0 heterocycles. The van der Waals surface area contributed by atoms with Gasteiger partial charge in [0.05, 0.1) is 39.3 Å². The number of aromatic hydroxyl groups is 2. The molecule has 54 heavy (non-hydrogen) atoms. The Morgan fingerprint density at radius 3 is 1.65 bits per heavy atom. The molecule has 0 bridgehead atoms. The molecule has 0 spiro atoms. The minimum Gasteiger partial charge on any atom is -0.510 e. The average molecular weight is 747 g/mol. The van der Waals surface area contributed by atoms with Crippen molar-refractivity contribution >= 4 is 35.3 Å². The lowest BCUT2D eigenvalue weighted by Crippen LogP contribution is -2.34. The third-order valence-electron chi connectivity index (χ3n) is 9.00. The summed E-state index contributed by atoms with van der Waals surface area (Å²) in [6.45, 7) is 0. The molecule has 2 aliphatic carbocycles. The molecule has 5 atom stereocenters. The number of aliphatic hydroxyl groups excluding tert-OH is 2. The number of ether oxygens (including phenoxy) is 4. The highest BCUT2D eigenvalue weighted by Crippen LogP contribution is 2.29. The van der Waals surface area contributed by atoms with Crippen LogP contribution in [0.5, 0.6) is 23.0 Å². The molecule has 2 aliphatic rings. The molecule has 5 unspecified atom stereocenters. The van der Waals surface area contributed by atoms with Crippen LogP contribution in [0, 0.1) is 11.8 Å². The van der Waals surface area contributed by atoms with Crippen LogP contribution in [0.25, 0.3) is 12.2 Å². The summed E-state index contributed by atoms with van der Waals surface area (Å²) in [5, 5.41) is 38.6. The fourth-order valence-corrected chi connectivity index (χ4v) is 5.88. The Hall–Kier alpha value is -5.30. The van der Waals surface area contributed by atoms with Gasteiger partial charge in [-0.1, -0.05) is 36.4 Å². The Kier molecular flexibility index (Phi) is 17.6. The molecule has 1 saturated carbocycles. The molecule has 0 radical (unpaired) electrons. The van der Waals surface area contributed by atoms with E-state index in [2.05, 4.69) is 0 Å². The second kappa shape index (κ2) is 22.0. The van der Waals surface area contributed by atoms with Crippen molar-refractivity contribution in [1.29, 1.82) is 0 Å². The van der Waals surface area contributed by atoms with E-state index in [1.54, 1.807) is 55.7 Å². The maximum Gasteiger partial charge on any atom is 0.163 e. The van der Waals surface area contributed by atoms with E-state index in [9.17, 15) is 39.6 Å². The topological polar surface area (TPSA) is 186 Å². The van der Waals surface area contributed by atoms with Gasteiger partial charge < -0.3 is 39.4 Å². The van der Waals surface area contributed by atoms with Crippen molar-refractivity contribution in [3.8, 4) is 23.0 Å². The molecule has 0 amide bonds. The number of phenols is 2. The van der Waals surface area contributed by atoms with Gasteiger partial charge in [-0.15, -0.1) is 0 Å². The van der Waals surface area contributed by atoms with E-state index >= 15 is 0 Å². The van der Waals surface area contributed by atoms with Crippen molar-refractivity contribution in [3.63, 3.8) is 0 Å². The maximum atomic E-state index is 12.0. The van der Waals surface area contributed by atoms with Gasteiger partial charge in [0.15, 0.2) is 46.1 Å². The van der Waals surface area contributed by atoms with Crippen LogP contribution >= 0.6 is 0 Å². The largest absolute Gasteiger partial charge is 0.510 e. The number of benzene rings is 2. The van der Waals surface area contributed by atoms with Crippen molar-refractivity contribution in [1.82, 2.24) is 0 Å². The summed E-state index contributed by atoms with van der Waals surface area (Å²) in [6, 6.07) is 9.43. The molecule has 0 saturated heterocycles.